The van der Waals surface area contributed by atoms with E-state index in [-0.39, 0.29) is 5.76 Å². The Balaban J connectivity index is 2.39. The summed E-state index contributed by atoms with van der Waals surface area (Å²) < 4.78 is 6.14. The van der Waals surface area contributed by atoms with E-state index in [2.05, 4.69) is 11.6 Å². The van der Waals surface area contributed by atoms with Gasteiger partial charge < -0.3 is 9.84 Å². The predicted octanol–water partition coefficient (Wildman–Crippen LogP) is 7.44. The summed E-state index contributed by atoms with van der Waals surface area (Å²) in [6, 6.07) is 13.3. The van der Waals surface area contributed by atoms with Gasteiger partial charge in [-0.25, -0.2) is 0 Å². The Morgan fingerprint density at radius 2 is 1.75 bits per heavy atom. The van der Waals surface area contributed by atoms with Gasteiger partial charge in [0.05, 0.1) is 11.1 Å². The van der Waals surface area contributed by atoms with Gasteiger partial charge in [0.2, 0.25) is 0 Å². The van der Waals surface area contributed by atoms with Crippen molar-refractivity contribution < 1.29 is 9.84 Å². The summed E-state index contributed by atoms with van der Waals surface area (Å²) in [5, 5.41) is 12.4. The SMILES string of the molecule is C=C(O)[C@@H](OC(C)(C)C)c1c(Cl)cc2nc(C)ccc2c1-c1ccc(Cl)cc1. The maximum absolute atomic E-state index is 10.4. The third kappa shape index (κ3) is 4.33. The molecule has 146 valence electrons. The van der Waals surface area contributed by atoms with Gasteiger partial charge >= 0.3 is 0 Å². The Morgan fingerprint density at radius 3 is 2.32 bits per heavy atom. The second kappa shape index (κ2) is 7.75. The quantitative estimate of drug-likeness (QED) is 0.449. The molecular formula is C23H23Cl2NO2. The maximum atomic E-state index is 10.4. The van der Waals surface area contributed by atoms with E-state index in [1.54, 1.807) is 6.07 Å². The highest BCUT2D eigenvalue weighted by molar-refractivity contribution is 6.33. The van der Waals surface area contributed by atoms with Crippen molar-refractivity contribution in [1.29, 1.82) is 0 Å². The number of aliphatic hydroxyl groups excluding tert-OH is 1. The number of aromatic nitrogens is 1. The zero-order valence-corrected chi connectivity index (χ0v) is 17.9. The average molecular weight is 416 g/mol. The third-order valence-corrected chi connectivity index (χ3v) is 4.86. The first-order chi connectivity index (χ1) is 13.1. The molecule has 1 aromatic heterocycles. The van der Waals surface area contributed by atoms with E-state index < -0.39 is 11.7 Å². The van der Waals surface area contributed by atoms with Crippen molar-refractivity contribution in [2.75, 3.05) is 0 Å². The van der Waals surface area contributed by atoms with Gasteiger partial charge in [0, 0.05) is 26.7 Å². The average Bonchev–Trinajstić information content (AvgIpc) is 2.58. The molecule has 3 rings (SSSR count). The molecular weight excluding hydrogens is 393 g/mol. The van der Waals surface area contributed by atoms with Crippen molar-refractivity contribution in [3.05, 3.63) is 76.1 Å². The fraction of sp³-hybridized carbons (Fsp3) is 0.261. The smallest absolute Gasteiger partial charge is 0.141 e. The van der Waals surface area contributed by atoms with Gasteiger partial charge in [-0.2, -0.15) is 0 Å². The fourth-order valence-corrected chi connectivity index (χ4v) is 3.61. The van der Waals surface area contributed by atoms with Crippen molar-refractivity contribution in [3.8, 4) is 11.1 Å². The van der Waals surface area contributed by atoms with Crippen LogP contribution in [0.4, 0.5) is 0 Å². The number of halogens is 2. The van der Waals surface area contributed by atoms with E-state index in [0.717, 1.165) is 27.7 Å². The summed E-state index contributed by atoms with van der Waals surface area (Å²) in [5.41, 5.74) is 3.56. The van der Waals surface area contributed by atoms with Gasteiger partial charge in [-0.05, 0) is 63.1 Å². The summed E-state index contributed by atoms with van der Waals surface area (Å²) in [5.74, 6) is -0.105. The Labute approximate surface area is 175 Å². The van der Waals surface area contributed by atoms with Crippen LogP contribution < -0.4 is 0 Å². The van der Waals surface area contributed by atoms with Crippen molar-refractivity contribution in [3.63, 3.8) is 0 Å². The number of nitrogens with zero attached hydrogens (tertiary/aromatic N) is 1. The second-order valence-electron chi connectivity index (χ2n) is 7.77. The second-order valence-corrected chi connectivity index (χ2v) is 8.62. The standard InChI is InChI=1S/C23H23Cl2NO2/c1-13-6-11-17-19(26-13)12-18(25)21(22(14(2)27)28-23(3,4)5)20(17)15-7-9-16(24)10-8-15/h6-12,22,27H,2H2,1,3-5H3/t22-/m1/s1. The molecule has 1 heterocycles. The Bertz CT molecular complexity index is 1040. The van der Waals surface area contributed by atoms with Gasteiger partial charge in [-0.15, -0.1) is 0 Å². The van der Waals surface area contributed by atoms with Gasteiger partial charge in [0.25, 0.3) is 0 Å². The molecule has 0 saturated heterocycles. The van der Waals surface area contributed by atoms with E-state index >= 15 is 0 Å². The molecule has 0 fully saturated rings. The molecule has 1 N–H and O–H groups in total. The number of pyridine rings is 1. The lowest BCUT2D eigenvalue weighted by atomic mass is 9.91. The lowest BCUT2D eigenvalue weighted by Gasteiger charge is -2.30. The Hall–Kier alpha value is -2.07. The zero-order chi connectivity index (χ0) is 20.6. The van der Waals surface area contributed by atoms with Crippen molar-refractivity contribution >= 4 is 34.1 Å². The lowest BCUT2D eigenvalue weighted by Crippen LogP contribution is -2.24. The van der Waals surface area contributed by atoms with Gasteiger partial charge in [0.1, 0.15) is 11.9 Å². The topological polar surface area (TPSA) is 42.4 Å². The van der Waals surface area contributed by atoms with Crippen LogP contribution >= 0.6 is 23.2 Å². The molecule has 0 aliphatic carbocycles. The molecule has 3 nitrogen and oxygen atoms in total. The molecule has 0 bridgehead atoms. The van der Waals surface area contributed by atoms with Crippen molar-refractivity contribution in [2.24, 2.45) is 0 Å². The number of hydrogen-bond acceptors (Lipinski definition) is 3. The van der Waals surface area contributed by atoms with Gasteiger partial charge in [0.15, 0.2) is 0 Å². The summed E-state index contributed by atoms with van der Waals surface area (Å²) in [7, 11) is 0. The van der Waals surface area contributed by atoms with Gasteiger partial charge in [-0.3, -0.25) is 4.98 Å². The van der Waals surface area contributed by atoms with Crippen LogP contribution in [0.3, 0.4) is 0 Å². The van der Waals surface area contributed by atoms with Crippen LogP contribution in [0, 0.1) is 6.92 Å². The fourth-order valence-electron chi connectivity index (χ4n) is 3.19. The predicted molar refractivity (Wildman–Crippen MR) is 117 cm³/mol. The number of aryl methyl sites for hydroxylation is 1. The lowest BCUT2D eigenvalue weighted by molar-refractivity contribution is -0.0592. The summed E-state index contributed by atoms with van der Waals surface area (Å²) >= 11 is 12.8. The van der Waals surface area contributed by atoms with E-state index in [9.17, 15) is 5.11 Å². The molecule has 0 unspecified atom stereocenters. The van der Waals surface area contributed by atoms with E-state index in [0.29, 0.717) is 15.6 Å². The van der Waals surface area contributed by atoms with Crippen LogP contribution in [0.5, 0.6) is 0 Å². The number of aliphatic hydroxyl groups is 1. The minimum atomic E-state index is -0.788. The molecule has 0 spiro atoms. The Morgan fingerprint density at radius 1 is 1.11 bits per heavy atom. The zero-order valence-electron chi connectivity index (χ0n) is 16.4. The van der Waals surface area contributed by atoms with Crippen molar-refractivity contribution in [1.82, 2.24) is 4.98 Å². The highest BCUT2D eigenvalue weighted by Crippen LogP contribution is 2.43. The summed E-state index contributed by atoms with van der Waals surface area (Å²) in [6.45, 7) is 11.4. The maximum Gasteiger partial charge on any atom is 0.141 e. The van der Waals surface area contributed by atoms with Crippen LogP contribution in [-0.4, -0.2) is 15.7 Å². The molecule has 0 saturated carbocycles. The molecule has 1 atom stereocenters. The van der Waals surface area contributed by atoms with Crippen LogP contribution in [0.2, 0.25) is 10.0 Å². The number of rotatable bonds is 4. The van der Waals surface area contributed by atoms with Crippen LogP contribution in [0.25, 0.3) is 22.0 Å². The first kappa shape index (κ1) is 20.7. The van der Waals surface area contributed by atoms with E-state index in [1.165, 1.54) is 0 Å². The molecule has 0 amide bonds. The minimum absolute atomic E-state index is 0.105. The molecule has 3 aromatic rings. The number of benzene rings is 2. The molecule has 2 aromatic carbocycles. The number of hydrogen-bond donors (Lipinski definition) is 1. The molecule has 28 heavy (non-hydrogen) atoms. The third-order valence-electron chi connectivity index (χ3n) is 4.29. The summed E-state index contributed by atoms with van der Waals surface area (Å²) in [6.07, 6.45) is -0.788. The first-order valence-electron chi connectivity index (χ1n) is 8.98. The minimum Gasteiger partial charge on any atom is -0.510 e. The highest BCUT2D eigenvalue weighted by Gasteiger charge is 2.29. The molecule has 0 aliphatic rings. The first-order valence-corrected chi connectivity index (χ1v) is 9.73. The van der Waals surface area contributed by atoms with E-state index in [1.807, 2.05) is 64.1 Å². The largest absolute Gasteiger partial charge is 0.510 e. The van der Waals surface area contributed by atoms with E-state index in [4.69, 9.17) is 27.9 Å². The highest BCUT2D eigenvalue weighted by atomic mass is 35.5. The van der Waals surface area contributed by atoms with Gasteiger partial charge in [-0.1, -0.05) is 48.0 Å². The Kier molecular flexibility index (Phi) is 5.72. The monoisotopic (exact) mass is 415 g/mol. The number of ether oxygens (including phenoxy) is 1. The van der Waals surface area contributed by atoms with Crippen molar-refractivity contribution in [2.45, 2.75) is 39.4 Å². The molecule has 5 heteroatoms. The number of fused-ring (bicyclic) bond motifs is 1. The summed E-state index contributed by atoms with van der Waals surface area (Å²) in [4.78, 5) is 4.62. The molecule has 0 aliphatic heterocycles. The molecule has 0 radical (unpaired) electrons. The van der Waals surface area contributed by atoms with Crippen LogP contribution in [0.1, 0.15) is 38.1 Å². The van der Waals surface area contributed by atoms with Crippen LogP contribution in [-0.2, 0) is 4.74 Å². The normalized spacial score (nSPS) is 12.9. The van der Waals surface area contributed by atoms with Crippen LogP contribution in [0.15, 0.2) is 54.8 Å².